The molecular formula is C18H14ClFN2O2. The normalized spacial score (nSPS) is 10.9. The molecular weight excluding hydrogens is 331 g/mol. The summed E-state index contributed by atoms with van der Waals surface area (Å²) in [5, 5.41) is 8.98. The second kappa shape index (κ2) is 7.62. The van der Waals surface area contributed by atoms with Crippen molar-refractivity contribution in [2.24, 2.45) is 0 Å². The first-order valence-electron chi connectivity index (χ1n) is 6.98. The number of nitriles is 1. The van der Waals surface area contributed by atoms with Crippen LogP contribution in [-0.2, 0) is 0 Å². The SMILES string of the molecule is CN(C)/C=C(/Oc1ccccc1C#N)C(=O)c1cccc(Cl)c1F. The Morgan fingerprint density at radius 1 is 1.25 bits per heavy atom. The number of benzene rings is 2. The summed E-state index contributed by atoms with van der Waals surface area (Å²) in [5.74, 6) is -1.39. The van der Waals surface area contributed by atoms with Gasteiger partial charge in [0.1, 0.15) is 11.8 Å². The Labute approximate surface area is 144 Å². The molecule has 2 aromatic rings. The van der Waals surface area contributed by atoms with Crippen LogP contribution in [0.4, 0.5) is 4.39 Å². The topological polar surface area (TPSA) is 53.3 Å². The molecule has 0 N–H and O–H groups in total. The Bertz CT molecular complexity index is 841. The highest BCUT2D eigenvalue weighted by molar-refractivity contribution is 6.31. The van der Waals surface area contributed by atoms with Crippen LogP contribution < -0.4 is 4.74 Å². The van der Waals surface area contributed by atoms with Crippen LogP contribution in [0.5, 0.6) is 5.75 Å². The summed E-state index contributed by atoms with van der Waals surface area (Å²) in [7, 11) is 3.39. The molecule has 122 valence electrons. The summed E-state index contributed by atoms with van der Waals surface area (Å²) in [6, 6.07) is 12.6. The van der Waals surface area contributed by atoms with Crippen molar-refractivity contribution in [3.63, 3.8) is 0 Å². The van der Waals surface area contributed by atoms with Gasteiger partial charge >= 0.3 is 0 Å². The molecule has 0 unspecified atom stereocenters. The second-order valence-corrected chi connectivity index (χ2v) is 5.50. The van der Waals surface area contributed by atoms with Gasteiger partial charge in [0.2, 0.25) is 5.78 Å². The number of hydrogen-bond donors (Lipinski definition) is 0. The number of ether oxygens (including phenoxy) is 1. The first-order valence-corrected chi connectivity index (χ1v) is 7.35. The van der Waals surface area contributed by atoms with Crippen molar-refractivity contribution in [3.8, 4) is 11.8 Å². The lowest BCUT2D eigenvalue weighted by Crippen LogP contribution is -2.16. The van der Waals surface area contributed by atoms with E-state index < -0.39 is 11.6 Å². The van der Waals surface area contributed by atoms with Crippen molar-refractivity contribution in [2.75, 3.05) is 14.1 Å². The van der Waals surface area contributed by atoms with Gasteiger partial charge in [0.15, 0.2) is 11.6 Å². The summed E-state index contributed by atoms with van der Waals surface area (Å²) in [6.07, 6.45) is 1.41. The zero-order chi connectivity index (χ0) is 17.7. The summed E-state index contributed by atoms with van der Waals surface area (Å²) in [6.45, 7) is 0. The third-order valence-electron chi connectivity index (χ3n) is 3.02. The van der Waals surface area contributed by atoms with Crippen molar-refractivity contribution in [1.82, 2.24) is 4.90 Å². The van der Waals surface area contributed by atoms with Crippen molar-refractivity contribution < 1.29 is 13.9 Å². The van der Waals surface area contributed by atoms with E-state index in [4.69, 9.17) is 21.6 Å². The predicted molar refractivity (Wildman–Crippen MR) is 89.3 cm³/mol. The number of rotatable bonds is 5. The van der Waals surface area contributed by atoms with E-state index in [2.05, 4.69) is 0 Å². The van der Waals surface area contributed by atoms with Gasteiger partial charge in [-0.3, -0.25) is 4.79 Å². The van der Waals surface area contributed by atoms with E-state index in [-0.39, 0.29) is 27.7 Å². The molecule has 0 heterocycles. The number of ketones is 1. The molecule has 0 aliphatic rings. The summed E-state index contributed by atoms with van der Waals surface area (Å²) in [5.41, 5.74) is 0.0616. The van der Waals surface area contributed by atoms with E-state index in [1.165, 1.54) is 24.4 Å². The molecule has 0 spiro atoms. The van der Waals surface area contributed by atoms with E-state index in [1.54, 1.807) is 43.3 Å². The Morgan fingerprint density at radius 2 is 1.96 bits per heavy atom. The average molecular weight is 345 g/mol. The molecule has 0 bridgehead atoms. The molecule has 0 fully saturated rings. The lowest BCUT2D eigenvalue weighted by atomic mass is 10.1. The zero-order valence-electron chi connectivity index (χ0n) is 13.1. The Kier molecular flexibility index (Phi) is 5.56. The zero-order valence-corrected chi connectivity index (χ0v) is 13.8. The van der Waals surface area contributed by atoms with Gasteiger partial charge in [0.25, 0.3) is 0 Å². The van der Waals surface area contributed by atoms with E-state index in [9.17, 15) is 9.18 Å². The van der Waals surface area contributed by atoms with Crippen LogP contribution in [-0.4, -0.2) is 24.8 Å². The number of hydrogen-bond acceptors (Lipinski definition) is 4. The Hall–Kier alpha value is -2.84. The van der Waals surface area contributed by atoms with E-state index >= 15 is 0 Å². The molecule has 0 radical (unpaired) electrons. The molecule has 0 amide bonds. The molecule has 2 aromatic carbocycles. The summed E-state index contributed by atoms with van der Waals surface area (Å²) >= 11 is 5.74. The Balaban J connectivity index is 2.45. The standard InChI is InChI=1S/C18H14ClFN2O2/c1-22(2)11-16(24-15-9-4-3-6-12(15)10-21)18(23)13-7-5-8-14(19)17(13)20/h3-9,11H,1-2H3/b16-11+. The van der Waals surface area contributed by atoms with E-state index in [0.29, 0.717) is 0 Å². The number of carbonyl (C=O) groups is 1. The summed E-state index contributed by atoms with van der Waals surface area (Å²) < 4.78 is 19.7. The van der Waals surface area contributed by atoms with Gasteiger partial charge in [-0.15, -0.1) is 0 Å². The molecule has 0 aromatic heterocycles. The van der Waals surface area contributed by atoms with Gasteiger partial charge in [-0.1, -0.05) is 29.8 Å². The molecule has 6 heteroatoms. The first kappa shape index (κ1) is 17.5. The number of carbonyl (C=O) groups excluding carboxylic acids is 1. The molecule has 0 aliphatic carbocycles. The quantitative estimate of drug-likeness (QED) is 0.467. The van der Waals surface area contributed by atoms with Crippen LogP contribution in [0.3, 0.4) is 0 Å². The van der Waals surface area contributed by atoms with Crippen molar-refractivity contribution in [2.45, 2.75) is 0 Å². The highest BCUT2D eigenvalue weighted by atomic mass is 35.5. The third kappa shape index (κ3) is 3.92. The van der Waals surface area contributed by atoms with Gasteiger partial charge in [0.05, 0.1) is 16.1 Å². The lowest BCUT2D eigenvalue weighted by molar-refractivity contribution is 0.0978. The fourth-order valence-corrected chi connectivity index (χ4v) is 2.12. The predicted octanol–water partition coefficient (Wildman–Crippen LogP) is 4.02. The maximum absolute atomic E-state index is 14.1. The Morgan fingerprint density at radius 3 is 2.62 bits per heavy atom. The van der Waals surface area contributed by atoms with E-state index in [1.807, 2.05) is 6.07 Å². The van der Waals surface area contributed by atoms with Gasteiger partial charge in [0, 0.05) is 20.3 Å². The van der Waals surface area contributed by atoms with Crippen LogP contribution in [0.15, 0.2) is 54.4 Å². The summed E-state index contributed by atoms with van der Waals surface area (Å²) in [4.78, 5) is 14.2. The van der Waals surface area contributed by atoms with E-state index in [0.717, 1.165) is 0 Å². The maximum Gasteiger partial charge on any atom is 0.232 e. The van der Waals surface area contributed by atoms with Crippen LogP contribution in [0.2, 0.25) is 5.02 Å². The number of Topliss-reactive ketones (excluding diaryl/α,β-unsaturated/α-hetero) is 1. The van der Waals surface area contributed by atoms with Gasteiger partial charge in [-0.05, 0) is 24.3 Å². The molecule has 2 rings (SSSR count). The number of para-hydroxylation sites is 1. The van der Waals surface area contributed by atoms with Crippen LogP contribution in [0.1, 0.15) is 15.9 Å². The van der Waals surface area contributed by atoms with Crippen molar-refractivity contribution in [3.05, 3.63) is 76.4 Å². The van der Waals surface area contributed by atoms with Gasteiger partial charge in [-0.25, -0.2) is 4.39 Å². The monoisotopic (exact) mass is 344 g/mol. The second-order valence-electron chi connectivity index (χ2n) is 5.10. The highest BCUT2D eigenvalue weighted by Gasteiger charge is 2.21. The lowest BCUT2D eigenvalue weighted by Gasteiger charge is -2.14. The minimum absolute atomic E-state index is 0.121. The first-order chi connectivity index (χ1) is 11.4. The molecule has 0 saturated heterocycles. The molecule has 0 atom stereocenters. The fraction of sp³-hybridized carbons (Fsp3) is 0.111. The van der Waals surface area contributed by atoms with Crippen molar-refractivity contribution >= 4 is 17.4 Å². The van der Waals surface area contributed by atoms with Crippen molar-refractivity contribution in [1.29, 1.82) is 5.26 Å². The highest BCUT2D eigenvalue weighted by Crippen LogP contribution is 2.24. The average Bonchev–Trinajstić information content (AvgIpc) is 2.56. The number of nitrogens with zero attached hydrogens (tertiary/aromatic N) is 2. The van der Waals surface area contributed by atoms with Gasteiger partial charge < -0.3 is 9.64 Å². The maximum atomic E-state index is 14.1. The van der Waals surface area contributed by atoms with Crippen LogP contribution >= 0.6 is 11.6 Å². The largest absolute Gasteiger partial charge is 0.450 e. The molecule has 24 heavy (non-hydrogen) atoms. The number of halogens is 2. The smallest absolute Gasteiger partial charge is 0.232 e. The van der Waals surface area contributed by atoms with Crippen LogP contribution in [0, 0.1) is 17.1 Å². The fourth-order valence-electron chi connectivity index (χ4n) is 1.94. The van der Waals surface area contributed by atoms with Crippen LogP contribution in [0.25, 0.3) is 0 Å². The number of allylic oxidation sites excluding steroid dienone is 1. The minimum Gasteiger partial charge on any atom is -0.450 e. The molecule has 4 nitrogen and oxygen atoms in total. The molecule has 0 saturated carbocycles. The van der Waals surface area contributed by atoms with Gasteiger partial charge in [-0.2, -0.15) is 5.26 Å². The molecule has 0 aliphatic heterocycles. The minimum atomic E-state index is -0.814. The third-order valence-corrected chi connectivity index (χ3v) is 3.31.